The standard InChI is InChI=1S/C8H13Br2N2O2/c1-3-5-6-7(13)11(9)8(14)12(6,10)4-2/h6H,3-5H2,1-2H3/q+1. The molecule has 14 heavy (non-hydrogen) atoms. The number of rotatable bonds is 3. The quantitative estimate of drug-likeness (QED) is 0.590. The fraction of sp³-hybridized carbons (Fsp3) is 0.750. The third-order valence-corrected chi connectivity index (χ3v) is 4.43. The van der Waals surface area contributed by atoms with Crippen molar-refractivity contribution >= 4 is 44.2 Å². The van der Waals surface area contributed by atoms with Crippen molar-refractivity contribution in [2.75, 3.05) is 6.54 Å². The van der Waals surface area contributed by atoms with Crippen LogP contribution in [0.15, 0.2) is 0 Å². The Morgan fingerprint density at radius 2 is 2.00 bits per heavy atom. The summed E-state index contributed by atoms with van der Waals surface area (Å²) in [4.78, 5) is 23.4. The molecular formula is C8H13Br2N2O2+. The molecule has 0 aromatic heterocycles. The van der Waals surface area contributed by atoms with Gasteiger partial charge in [0.05, 0.1) is 22.7 Å². The van der Waals surface area contributed by atoms with E-state index in [1.54, 1.807) is 0 Å². The average Bonchev–Trinajstić information content (AvgIpc) is 2.34. The summed E-state index contributed by atoms with van der Waals surface area (Å²) in [7, 11) is 0. The van der Waals surface area contributed by atoms with Crippen LogP contribution >= 0.6 is 32.3 Å². The molecule has 1 rings (SSSR count). The highest BCUT2D eigenvalue weighted by Gasteiger charge is 2.58. The van der Waals surface area contributed by atoms with Gasteiger partial charge in [0.2, 0.25) is 16.1 Å². The minimum atomic E-state index is -0.295. The number of halogens is 2. The zero-order valence-corrected chi connectivity index (χ0v) is 11.3. The number of nitrogens with zero attached hydrogens (tertiary/aromatic N) is 2. The fourth-order valence-corrected chi connectivity index (χ4v) is 2.91. The summed E-state index contributed by atoms with van der Waals surface area (Å²) in [6.45, 7) is 4.45. The Morgan fingerprint density at radius 1 is 1.43 bits per heavy atom. The van der Waals surface area contributed by atoms with E-state index in [1.165, 1.54) is 0 Å². The summed E-state index contributed by atoms with van der Waals surface area (Å²) in [5, 5.41) is 0. The Bertz CT molecular complexity index is 272. The van der Waals surface area contributed by atoms with Crippen LogP contribution in [0, 0.1) is 0 Å². The van der Waals surface area contributed by atoms with Gasteiger partial charge in [-0.25, -0.2) is 4.79 Å². The van der Waals surface area contributed by atoms with Gasteiger partial charge in [-0.05, 0) is 13.3 Å². The lowest BCUT2D eigenvalue weighted by Gasteiger charge is -2.24. The lowest BCUT2D eigenvalue weighted by molar-refractivity contribution is -0.704. The van der Waals surface area contributed by atoms with Crippen molar-refractivity contribution in [3.05, 3.63) is 0 Å². The Labute approximate surface area is 100 Å². The summed E-state index contributed by atoms with van der Waals surface area (Å²) in [6.07, 6.45) is 1.60. The topological polar surface area (TPSA) is 37.4 Å². The van der Waals surface area contributed by atoms with Crippen LogP contribution < -0.4 is 0 Å². The van der Waals surface area contributed by atoms with Crippen LogP contribution in [0.25, 0.3) is 0 Å². The molecule has 2 unspecified atom stereocenters. The van der Waals surface area contributed by atoms with Gasteiger partial charge in [-0.15, -0.1) is 0 Å². The van der Waals surface area contributed by atoms with Gasteiger partial charge in [0.15, 0.2) is 6.04 Å². The number of imide groups is 1. The number of likely N-dealkylation sites (N-methyl/N-ethyl adjacent to an activating group) is 1. The molecule has 0 saturated carbocycles. The van der Waals surface area contributed by atoms with Crippen LogP contribution in [0.1, 0.15) is 26.7 Å². The molecule has 2 atom stereocenters. The molecule has 0 bridgehead atoms. The average molecular weight is 329 g/mol. The minimum absolute atomic E-state index is 0.00488. The molecule has 3 amide bonds. The van der Waals surface area contributed by atoms with E-state index >= 15 is 0 Å². The maximum Gasteiger partial charge on any atom is 0.447 e. The third kappa shape index (κ3) is 1.63. The first-order chi connectivity index (χ1) is 6.49. The first-order valence-electron chi connectivity index (χ1n) is 4.60. The van der Waals surface area contributed by atoms with E-state index in [2.05, 4.69) is 32.3 Å². The second-order valence-corrected chi connectivity index (χ2v) is 5.27. The molecule has 0 N–H and O–H groups in total. The molecule has 1 fully saturated rings. The Hall–Kier alpha value is 0.0600. The first-order valence-corrected chi connectivity index (χ1v) is 6.02. The number of amides is 3. The zero-order chi connectivity index (χ0) is 10.9. The van der Waals surface area contributed by atoms with E-state index in [0.29, 0.717) is 13.0 Å². The van der Waals surface area contributed by atoms with E-state index in [-0.39, 0.29) is 21.5 Å². The van der Waals surface area contributed by atoms with Crippen LogP contribution in [-0.2, 0) is 4.79 Å². The van der Waals surface area contributed by atoms with Gasteiger partial charge in [0.1, 0.15) is 0 Å². The molecule has 80 valence electrons. The highest BCUT2D eigenvalue weighted by molar-refractivity contribution is 9.08. The highest BCUT2D eigenvalue weighted by Crippen LogP contribution is 2.35. The van der Waals surface area contributed by atoms with Gasteiger partial charge in [0, 0.05) is 6.42 Å². The van der Waals surface area contributed by atoms with E-state index < -0.39 is 0 Å². The van der Waals surface area contributed by atoms with E-state index in [9.17, 15) is 9.59 Å². The van der Waals surface area contributed by atoms with E-state index in [4.69, 9.17) is 0 Å². The Morgan fingerprint density at radius 3 is 2.43 bits per heavy atom. The predicted molar refractivity (Wildman–Crippen MR) is 59.6 cm³/mol. The lowest BCUT2D eigenvalue weighted by atomic mass is 10.1. The zero-order valence-electron chi connectivity index (χ0n) is 8.17. The van der Waals surface area contributed by atoms with Crippen LogP contribution in [0.5, 0.6) is 0 Å². The van der Waals surface area contributed by atoms with Crippen molar-refractivity contribution < 1.29 is 13.1 Å². The van der Waals surface area contributed by atoms with Crippen molar-refractivity contribution in [3.8, 4) is 0 Å². The van der Waals surface area contributed by atoms with Crippen molar-refractivity contribution in [2.24, 2.45) is 0 Å². The molecule has 0 aromatic carbocycles. The number of carbonyl (C=O) groups is 2. The van der Waals surface area contributed by atoms with Gasteiger partial charge in [-0.1, -0.05) is 6.92 Å². The number of quaternary nitrogens is 1. The fourth-order valence-electron chi connectivity index (χ4n) is 1.64. The van der Waals surface area contributed by atoms with Gasteiger partial charge >= 0.3 is 11.9 Å². The number of carbonyl (C=O) groups excluding carboxylic acids is 2. The van der Waals surface area contributed by atoms with Crippen LogP contribution in [0.3, 0.4) is 0 Å². The van der Waals surface area contributed by atoms with E-state index in [0.717, 1.165) is 10.3 Å². The van der Waals surface area contributed by atoms with E-state index in [1.807, 2.05) is 13.8 Å². The summed E-state index contributed by atoms with van der Waals surface area (Å²) in [5.74, 6) is -0.157. The Balaban J connectivity index is 3.01. The molecule has 1 heterocycles. The molecular weight excluding hydrogens is 316 g/mol. The molecule has 0 aromatic rings. The largest absolute Gasteiger partial charge is 0.447 e. The maximum absolute atomic E-state index is 11.7. The van der Waals surface area contributed by atoms with Crippen molar-refractivity contribution in [1.82, 2.24) is 3.93 Å². The third-order valence-electron chi connectivity index (χ3n) is 2.48. The molecule has 1 saturated heterocycles. The molecule has 1 aliphatic heterocycles. The van der Waals surface area contributed by atoms with Crippen molar-refractivity contribution in [1.29, 1.82) is 0 Å². The van der Waals surface area contributed by atoms with Gasteiger partial charge in [0.25, 0.3) is 0 Å². The van der Waals surface area contributed by atoms with Gasteiger partial charge in [-0.2, -0.15) is 7.44 Å². The highest BCUT2D eigenvalue weighted by atomic mass is 79.9. The summed E-state index contributed by atoms with van der Waals surface area (Å²) in [5.41, 5.74) is 0. The molecule has 0 aliphatic carbocycles. The SMILES string of the molecule is CCCC1C(=O)N(Br)C(=O)[N+]1(Br)CC. The molecule has 0 radical (unpaired) electrons. The summed E-state index contributed by atoms with van der Waals surface area (Å²) < 4.78 is 1.04. The van der Waals surface area contributed by atoms with Gasteiger partial charge in [-0.3, -0.25) is 4.79 Å². The molecule has 4 nitrogen and oxygen atoms in total. The molecule has 0 spiro atoms. The lowest BCUT2D eigenvalue weighted by Crippen LogP contribution is -2.46. The second-order valence-electron chi connectivity index (χ2n) is 3.29. The normalized spacial score (nSPS) is 32.9. The number of hydrogen-bond acceptors (Lipinski definition) is 2. The van der Waals surface area contributed by atoms with Crippen LogP contribution in [0.4, 0.5) is 4.79 Å². The number of urea groups is 1. The van der Waals surface area contributed by atoms with Crippen molar-refractivity contribution in [3.63, 3.8) is 0 Å². The molecule has 1 aliphatic rings. The number of hydrogen-bond donors (Lipinski definition) is 0. The Kier molecular flexibility index (Phi) is 3.71. The van der Waals surface area contributed by atoms with Crippen molar-refractivity contribution in [2.45, 2.75) is 32.7 Å². The first kappa shape index (κ1) is 12.1. The maximum atomic E-state index is 11.7. The second kappa shape index (κ2) is 4.28. The van der Waals surface area contributed by atoms with Gasteiger partial charge < -0.3 is 0 Å². The summed E-state index contributed by atoms with van der Waals surface area (Å²) >= 11 is 6.34. The predicted octanol–water partition coefficient (Wildman–Crippen LogP) is 2.57. The van der Waals surface area contributed by atoms with Crippen LogP contribution in [-0.4, -0.2) is 32.0 Å². The molecule has 6 heteroatoms. The minimum Gasteiger partial charge on any atom is -0.266 e. The smallest absolute Gasteiger partial charge is 0.266 e. The monoisotopic (exact) mass is 327 g/mol. The summed E-state index contributed by atoms with van der Waals surface area (Å²) in [6, 6.07) is -0.534. The van der Waals surface area contributed by atoms with Crippen LogP contribution in [0.2, 0.25) is 0 Å².